The Morgan fingerprint density at radius 2 is 2.05 bits per heavy atom. The number of nitrogens with one attached hydrogen (secondary N) is 2. The summed E-state index contributed by atoms with van der Waals surface area (Å²) in [6.45, 7) is 0.162. The Morgan fingerprint density at radius 1 is 1.26 bits per heavy atom. The van der Waals surface area contributed by atoms with Gasteiger partial charge in [-0.2, -0.15) is 5.26 Å². The van der Waals surface area contributed by atoms with Crippen molar-refractivity contribution in [2.24, 2.45) is 0 Å². The van der Waals surface area contributed by atoms with Crippen molar-refractivity contribution in [2.75, 3.05) is 6.79 Å². The van der Waals surface area contributed by atoms with Crippen LogP contribution in [0.15, 0.2) is 23.0 Å². The highest BCUT2D eigenvalue weighted by Gasteiger charge is 2.16. The van der Waals surface area contributed by atoms with Crippen molar-refractivity contribution >= 4 is 12.2 Å². The zero-order chi connectivity index (χ0) is 13.4. The minimum atomic E-state index is -0.515. The standard InChI is InChI=1S/C12H7N3O3S/c13-4-7-10(14-12(19)15-11(7)16)6-1-2-8-9(3-6)18-5-17-8/h1-3H,5H2,(H2,14,15,16,19). The first-order chi connectivity index (χ1) is 9.19. The summed E-state index contributed by atoms with van der Waals surface area (Å²) in [6, 6.07) is 7.01. The maximum absolute atomic E-state index is 11.7. The van der Waals surface area contributed by atoms with E-state index in [1.165, 1.54) is 0 Å². The van der Waals surface area contributed by atoms with E-state index in [2.05, 4.69) is 9.97 Å². The largest absolute Gasteiger partial charge is 0.454 e. The fraction of sp³-hybridized carbons (Fsp3) is 0.0833. The number of hydrogen-bond donors (Lipinski definition) is 2. The van der Waals surface area contributed by atoms with Gasteiger partial charge in [0.15, 0.2) is 16.3 Å². The number of aromatic amines is 2. The van der Waals surface area contributed by atoms with Gasteiger partial charge >= 0.3 is 0 Å². The van der Waals surface area contributed by atoms with Crippen LogP contribution in [0.4, 0.5) is 0 Å². The molecule has 0 unspecified atom stereocenters. The Bertz CT molecular complexity index is 816. The van der Waals surface area contributed by atoms with Crippen molar-refractivity contribution < 1.29 is 9.47 Å². The fourth-order valence-electron chi connectivity index (χ4n) is 1.86. The van der Waals surface area contributed by atoms with E-state index in [-0.39, 0.29) is 17.1 Å². The summed E-state index contributed by atoms with van der Waals surface area (Å²) in [7, 11) is 0. The smallest absolute Gasteiger partial charge is 0.270 e. The van der Waals surface area contributed by atoms with Crippen molar-refractivity contribution in [1.29, 1.82) is 5.26 Å². The van der Waals surface area contributed by atoms with Gasteiger partial charge < -0.3 is 14.5 Å². The number of nitrogens with zero attached hydrogens (tertiary/aromatic N) is 1. The van der Waals surface area contributed by atoms with Crippen LogP contribution in [0.25, 0.3) is 11.3 Å². The lowest BCUT2D eigenvalue weighted by Gasteiger charge is -2.05. The molecule has 0 amide bonds. The first kappa shape index (κ1) is 11.5. The lowest BCUT2D eigenvalue weighted by atomic mass is 10.1. The fourth-order valence-corrected chi connectivity index (χ4v) is 2.06. The van der Waals surface area contributed by atoms with Gasteiger partial charge in [-0.1, -0.05) is 0 Å². The van der Waals surface area contributed by atoms with Crippen LogP contribution in [0.1, 0.15) is 5.56 Å². The third-order valence-corrected chi connectivity index (χ3v) is 2.92. The Kier molecular flexibility index (Phi) is 2.58. The predicted molar refractivity (Wildman–Crippen MR) is 68.5 cm³/mol. The molecule has 1 aromatic heterocycles. The van der Waals surface area contributed by atoms with Gasteiger partial charge in [-0.15, -0.1) is 0 Å². The molecule has 0 spiro atoms. The number of H-pyrrole nitrogens is 2. The molecular formula is C12H7N3O3S. The number of fused-ring (bicyclic) bond motifs is 1. The second-order valence-corrected chi connectivity index (χ2v) is 4.25. The molecular weight excluding hydrogens is 266 g/mol. The van der Waals surface area contributed by atoms with Crippen LogP contribution in [0.3, 0.4) is 0 Å². The first-order valence-corrected chi connectivity index (χ1v) is 5.76. The summed E-state index contributed by atoms with van der Waals surface area (Å²) in [5, 5.41) is 9.06. The van der Waals surface area contributed by atoms with E-state index in [0.717, 1.165) is 0 Å². The van der Waals surface area contributed by atoms with Crippen molar-refractivity contribution in [3.8, 4) is 28.8 Å². The third-order valence-electron chi connectivity index (χ3n) is 2.72. The molecule has 0 fully saturated rings. The second-order valence-electron chi connectivity index (χ2n) is 3.84. The lowest BCUT2D eigenvalue weighted by molar-refractivity contribution is 0.174. The molecule has 0 saturated heterocycles. The summed E-state index contributed by atoms with van der Waals surface area (Å²) in [4.78, 5) is 16.9. The Labute approximate surface area is 112 Å². The van der Waals surface area contributed by atoms with Gasteiger partial charge in [-0.25, -0.2) is 0 Å². The normalized spacial score (nSPS) is 12.2. The van der Waals surface area contributed by atoms with Crippen molar-refractivity contribution in [1.82, 2.24) is 9.97 Å². The maximum atomic E-state index is 11.7. The van der Waals surface area contributed by atoms with E-state index in [4.69, 9.17) is 27.0 Å². The molecule has 6 nitrogen and oxygen atoms in total. The van der Waals surface area contributed by atoms with E-state index in [1.807, 2.05) is 6.07 Å². The molecule has 94 valence electrons. The third kappa shape index (κ3) is 1.88. The van der Waals surface area contributed by atoms with Crippen LogP contribution in [0.2, 0.25) is 0 Å². The molecule has 7 heteroatoms. The van der Waals surface area contributed by atoms with Crippen molar-refractivity contribution in [3.63, 3.8) is 0 Å². The van der Waals surface area contributed by atoms with Gasteiger partial charge in [0.05, 0.1) is 5.69 Å². The van der Waals surface area contributed by atoms with Crippen LogP contribution in [-0.4, -0.2) is 16.8 Å². The molecule has 1 aromatic carbocycles. The predicted octanol–water partition coefficient (Wildman–Crippen LogP) is 1.70. The average molecular weight is 273 g/mol. The molecule has 0 atom stereocenters. The number of ether oxygens (including phenoxy) is 2. The number of benzene rings is 1. The van der Waals surface area contributed by atoms with Crippen LogP contribution in [-0.2, 0) is 0 Å². The highest BCUT2D eigenvalue weighted by atomic mass is 32.1. The molecule has 0 radical (unpaired) electrons. The van der Waals surface area contributed by atoms with E-state index in [1.54, 1.807) is 18.2 Å². The van der Waals surface area contributed by atoms with Gasteiger partial charge in [0, 0.05) is 5.56 Å². The van der Waals surface area contributed by atoms with Gasteiger partial charge in [0.25, 0.3) is 5.56 Å². The van der Waals surface area contributed by atoms with Crippen LogP contribution < -0.4 is 15.0 Å². The maximum Gasteiger partial charge on any atom is 0.270 e. The molecule has 1 aliphatic heterocycles. The van der Waals surface area contributed by atoms with Crippen LogP contribution >= 0.6 is 12.2 Å². The molecule has 2 aromatic rings. The zero-order valence-corrected chi connectivity index (χ0v) is 10.3. The van der Waals surface area contributed by atoms with Gasteiger partial charge in [-0.3, -0.25) is 9.78 Å². The molecule has 19 heavy (non-hydrogen) atoms. The topological polar surface area (TPSA) is 90.9 Å². The number of nitriles is 1. The summed E-state index contributed by atoms with van der Waals surface area (Å²) in [5.41, 5.74) is 0.471. The Hall–Kier alpha value is -2.59. The molecule has 0 bridgehead atoms. The lowest BCUT2D eigenvalue weighted by Crippen LogP contribution is -2.13. The van der Waals surface area contributed by atoms with Crippen LogP contribution in [0, 0.1) is 16.1 Å². The van der Waals surface area contributed by atoms with Gasteiger partial charge in [-0.05, 0) is 30.4 Å². The van der Waals surface area contributed by atoms with Crippen molar-refractivity contribution in [3.05, 3.63) is 38.9 Å². The molecule has 0 aliphatic carbocycles. The number of hydrogen-bond acceptors (Lipinski definition) is 5. The summed E-state index contributed by atoms with van der Waals surface area (Å²) in [6.07, 6.45) is 0. The monoisotopic (exact) mass is 273 g/mol. The average Bonchev–Trinajstić information content (AvgIpc) is 2.85. The van der Waals surface area contributed by atoms with Gasteiger partial charge in [0.2, 0.25) is 6.79 Å². The van der Waals surface area contributed by atoms with E-state index < -0.39 is 5.56 Å². The molecule has 0 saturated carbocycles. The molecule has 2 heterocycles. The van der Waals surface area contributed by atoms with E-state index >= 15 is 0 Å². The summed E-state index contributed by atoms with van der Waals surface area (Å²) in [5.74, 6) is 1.20. The van der Waals surface area contributed by atoms with E-state index in [9.17, 15) is 4.79 Å². The Balaban J connectivity index is 2.26. The SMILES string of the molecule is N#Cc1c(-c2ccc3c(c2)OCO3)[nH]c(=S)[nH]c1=O. The summed E-state index contributed by atoms with van der Waals surface area (Å²) < 4.78 is 10.6. The number of rotatable bonds is 1. The second kappa shape index (κ2) is 4.26. The molecule has 1 aliphatic rings. The summed E-state index contributed by atoms with van der Waals surface area (Å²) >= 11 is 4.92. The minimum Gasteiger partial charge on any atom is -0.454 e. The van der Waals surface area contributed by atoms with Crippen LogP contribution in [0.5, 0.6) is 11.5 Å². The number of aromatic nitrogens is 2. The van der Waals surface area contributed by atoms with Crippen molar-refractivity contribution in [2.45, 2.75) is 0 Å². The quantitative estimate of drug-likeness (QED) is 0.772. The highest BCUT2D eigenvalue weighted by molar-refractivity contribution is 7.71. The minimum absolute atomic E-state index is 0.0209. The first-order valence-electron chi connectivity index (χ1n) is 5.36. The highest BCUT2D eigenvalue weighted by Crippen LogP contribution is 2.35. The Morgan fingerprint density at radius 3 is 2.84 bits per heavy atom. The van der Waals surface area contributed by atoms with E-state index in [0.29, 0.717) is 22.8 Å². The van der Waals surface area contributed by atoms with Gasteiger partial charge in [0.1, 0.15) is 11.6 Å². The molecule has 2 N–H and O–H groups in total. The molecule has 3 rings (SSSR count). The zero-order valence-electron chi connectivity index (χ0n) is 9.52.